The van der Waals surface area contributed by atoms with Gasteiger partial charge in [-0.3, -0.25) is 4.68 Å². The molecule has 0 bridgehead atoms. The van der Waals surface area contributed by atoms with Crippen LogP contribution in [-0.4, -0.2) is 31.6 Å². The van der Waals surface area contributed by atoms with E-state index in [0.29, 0.717) is 12.6 Å². The zero-order chi connectivity index (χ0) is 12.3. The smallest absolute Gasteiger partial charge is 0.148 e. The molecule has 0 aliphatic heterocycles. The summed E-state index contributed by atoms with van der Waals surface area (Å²) in [5, 5.41) is 11.7. The largest absolute Gasteiger partial charge is 0.314 e. The van der Waals surface area contributed by atoms with Gasteiger partial charge in [-0.2, -0.15) is 10.2 Å². The van der Waals surface area contributed by atoms with Crippen molar-refractivity contribution in [3.8, 4) is 0 Å². The van der Waals surface area contributed by atoms with Crippen LogP contribution < -0.4 is 5.32 Å². The lowest BCUT2D eigenvalue weighted by molar-refractivity contribution is 0.487. The summed E-state index contributed by atoms with van der Waals surface area (Å²) in [7, 11) is 1.91. The molecule has 17 heavy (non-hydrogen) atoms. The Morgan fingerprint density at radius 2 is 2.24 bits per heavy atom. The summed E-state index contributed by atoms with van der Waals surface area (Å²) >= 11 is 0. The maximum atomic E-state index is 4.45. The summed E-state index contributed by atoms with van der Waals surface area (Å²) in [4.78, 5) is 4.26. The molecule has 2 aromatic heterocycles. The number of nitrogens with zero attached hydrogens (tertiary/aromatic N) is 5. The first-order chi connectivity index (χ1) is 8.20. The highest BCUT2D eigenvalue weighted by molar-refractivity contribution is 5.00. The van der Waals surface area contributed by atoms with Gasteiger partial charge in [0, 0.05) is 18.8 Å². The Balaban J connectivity index is 2.11. The average Bonchev–Trinajstić information content (AvgIpc) is 2.89. The van der Waals surface area contributed by atoms with E-state index >= 15 is 0 Å². The number of nitrogens with one attached hydrogen (secondary N) is 1. The molecule has 0 aromatic carbocycles. The second kappa shape index (κ2) is 5.09. The van der Waals surface area contributed by atoms with Gasteiger partial charge in [-0.15, -0.1) is 0 Å². The Morgan fingerprint density at radius 1 is 1.41 bits per heavy atom. The summed E-state index contributed by atoms with van der Waals surface area (Å²) in [5.41, 5.74) is 1.03. The SMILES string of the molecule is CNCc1ccn(Cc2ncnn2C(C)C)n1. The molecule has 0 atom stereocenters. The summed E-state index contributed by atoms with van der Waals surface area (Å²) < 4.78 is 3.80. The minimum atomic E-state index is 0.319. The summed E-state index contributed by atoms with van der Waals surface area (Å²) in [6.07, 6.45) is 3.55. The Kier molecular flexibility index (Phi) is 3.53. The number of aromatic nitrogens is 5. The van der Waals surface area contributed by atoms with Crippen LogP contribution >= 0.6 is 0 Å². The van der Waals surface area contributed by atoms with E-state index in [2.05, 4.69) is 34.3 Å². The molecular weight excluding hydrogens is 216 g/mol. The van der Waals surface area contributed by atoms with Crippen molar-refractivity contribution in [2.75, 3.05) is 7.05 Å². The molecule has 0 aliphatic rings. The number of hydrogen-bond acceptors (Lipinski definition) is 4. The van der Waals surface area contributed by atoms with Crippen molar-refractivity contribution < 1.29 is 0 Å². The zero-order valence-electron chi connectivity index (χ0n) is 10.5. The fourth-order valence-corrected chi connectivity index (χ4v) is 1.73. The fourth-order valence-electron chi connectivity index (χ4n) is 1.73. The van der Waals surface area contributed by atoms with Gasteiger partial charge in [0.25, 0.3) is 0 Å². The highest BCUT2D eigenvalue weighted by Gasteiger charge is 2.08. The quantitative estimate of drug-likeness (QED) is 0.832. The van der Waals surface area contributed by atoms with Crippen molar-refractivity contribution in [1.82, 2.24) is 29.9 Å². The van der Waals surface area contributed by atoms with Crippen molar-refractivity contribution in [3.63, 3.8) is 0 Å². The molecule has 0 saturated heterocycles. The molecule has 0 unspecified atom stereocenters. The Bertz CT molecular complexity index is 470. The second-order valence-corrected chi connectivity index (χ2v) is 4.25. The van der Waals surface area contributed by atoms with Crippen molar-refractivity contribution in [1.29, 1.82) is 0 Å². The molecule has 6 heteroatoms. The lowest BCUT2D eigenvalue weighted by Crippen LogP contribution is -2.13. The maximum Gasteiger partial charge on any atom is 0.148 e. The molecule has 0 radical (unpaired) electrons. The Morgan fingerprint density at radius 3 is 2.94 bits per heavy atom. The molecule has 0 fully saturated rings. The van der Waals surface area contributed by atoms with Gasteiger partial charge in [0.1, 0.15) is 18.7 Å². The van der Waals surface area contributed by atoms with Gasteiger partial charge in [-0.25, -0.2) is 9.67 Å². The molecule has 1 N–H and O–H groups in total. The predicted molar refractivity (Wildman–Crippen MR) is 64.5 cm³/mol. The first kappa shape index (κ1) is 11.8. The van der Waals surface area contributed by atoms with Crippen LogP contribution in [0, 0.1) is 0 Å². The third kappa shape index (κ3) is 2.71. The Labute approximate surface area is 101 Å². The minimum Gasteiger partial charge on any atom is -0.314 e. The molecule has 6 nitrogen and oxygen atoms in total. The summed E-state index contributed by atoms with van der Waals surface area (Å²) in [5.74, 6) is 0.930. The van der Waals surface area contributed by atoms with E-state index in [-0.39, 0.29) is 0 Å². The van der Waals surface area contributed by atoms with Gasteiger partial charge in [0.15, 0.2) is 0 Å². The predicted octanol–water partition coefficient (Wildman–Crippen LogP) is 0.823. The van der Waals surface area contributed by atoms with Crippen LogP contribution in [0.25, 0.3) is 0 Å². The Hall–Kier alpha value is -1.69. The normalized spacial score (nSPS) is 11.3. The average molecular weight is 234 g/mol. The second-order valence-electron chi connectivity index (χ2n) is 4.25. The van der Waals surface area contributed by atoms with E-state index in [0.717, 1.165) is 18.1 Å². The highest BCUT2D eigenvalue weighted by Crippen LogP contribution is 2.07. The lowest BCUT2D eigenvalue weighted by Gasteiger charge is -2.09. The topological polar surface area (TPSA) is 60.6 Å². The molecule has 2 aromatic rings. The van der Waals surface area contributed by atoms with Gasteiger partial charge >= 0.3 is 0 Å². The molecule has 0 saturated carbocycles. The van der Waals surface area contributed by atoms with E-state index in [1.165, 1.54) is 0 Å². The van der Waals surface area contributed by atoms with Crippen LogP contribution in [0.2, 0.25) is 0 Å². The van der Waals surface area contributed by atoms with Crippen LogP contribution in [0.4, 0.5) is 0 Å². The zero-order valence-corrected chi connectivity index (χ0v) is 10.5. The molecule has 0 amide bonds. The van der Waals surface area contributed by atoms with Crippen molar-refractivity contribution >= 4 is 0 Å². The first-order valence-electron chi connectivity index (χ1n) is 5.76. The van der Waals surface area contributed by atoms with Gasteiger partial charge < -0.3 is 5.32 Å². The lowest BCUT2D eigenvalue weighted by atomic mass is 10.4. The van der Waals surface area contributed by atoms with E-state index in [4.69, 9.17) is 0 Å². The van der Waals surface area contributed by atoms with Crippen LogP contribution in [0.15, 0.2) is 18.6 Å². The summed E-state index contributed by atoms with van der Waals surface area (Å²) in [6, 6.07) is 2.33. The van der Waals surface area contributed by atoms with E-state index in [1.807, 2.05) is 28.7 Å². The van der Waals surface area contributed by atoms with Gasteiger partial charge in [-0.05, 0) is 27.0 Å². The van der Waals surface area contributed by atoms with Gasteiger partial charge in [-0.1, -0.05) is 0 Å². The van der Waals surface area contributed by atoms with Crippen molar-refractivity contribution in [3.05, 3.63) is 30.1 Å². The third-order valence-corrected chi connectivity index (χ3v) is 2.49. The number of hydrogen-bond donors (Lipinski definition) is 1. The summed E-state index contributed by atoms with van der Waals surface area (Å²) in [6.45, 7) is 5.62. The highest BCUT2D eigenvalue weighted by atomic mass is 15.4. The molecule has 2 rings (SSSR count). The minimum absolute atomic E-state index is 0.319. The molecule has 0 spiro atoms. The molecule has 2 heterocycles. The van der Waals surface area contributed by atoms with Gasteiger partial charge in [0.2, 0.25) is 0 Å². The molecular formula is C11H18N6. The van der Waals surface area contributed by atoms with Crippen LogP contribution in [0.3, 0.4) is 0 Å². The standard InChI is InChI=1S/C11H18N6/c1-9(2)17-11(13-8-14-17)7-16-5-4-10(15-16)6-12-3/h4-5,8-9,12H,6-7H2,1-3H3. The molecule has 0 aliphatic carbocycles. The van der Waals surface area contributed by atoms with Gasteiger partial charge in [0.05, 0.1) is 5.69 Å². The van der Waals surface area contributed by atoms with Crippen molar-refractivity contribution in [2.24, 2.45) is 0 Å². The van der Waals surface area contributed by atoms with Crippen LogP contribution in [-0.2, 0) is 13.1 Å². The monoisotopic (exact) mass is 234 g/mol. The van der Waals surface area contributed by atoms with E-state index in [9.17, 15) is 0 Å². The van der Waals surface area contributed by atoms with E-state index < -0.39 is 0 Å². The van der Waals surface area contributed by atoms with E-state index in [1.54, 1.807) is 6.33 Å². The van der Waals surface area contributed by atoms with Crippen molar-refractivity contribution in [2.45, 2.75) is 33.0 Å². The number of rotatable bonds is 5. The van der Waals surface area contributed by atoms with Crippen LogP contribution in [0.1, 0.15) is 31.4 Å². The molecule has 92 valence electrons. The van der Waals surface area contributed by atoms with Crippen LogP contribution in [0.5, 0.6) is 0 Å². The maximum absolute atomic E-state index is 4.45. The first-order valence-corrected chi connectivity index (χ1v) is 5.76. The fraction of sp³-hybridized carbons (Fsp3) is 0.545. The third-order valence-electron chi connectivity index (χ3n) is 2.49.